The summed E-state index contributed by atoms with van der Waals surface area (Å²) in [5.41, 5.74) is 10.2. The fraction of sp³-hybridized carbons (Fsp3) is 0.769. The van der Waals surface area contributed by atoms with Crippen molar-refractivity contribution in [1.82, 2.24) is 9.78 Å². The van der Waals surface area contributed by atoms with Gasteiger partial charge in [0.2, 0.25) is 0 Å². The molecule has 1 heterocycles. The van der Waals surface area contributed by atoms with Gasteiger partial charge in [0.15, 0.2) is 0 Å². The van der Waals surface area contributed by atoms with Crippen molar-refractivity contribution in [2.24, 2.45) is 17.1 Å². The Morgan fingerprint density at radius 3 is 2.38 bits per heavy atom. The van der Waals surface area contributed by atoms with Gasteiger partial charge in [0.05, 0.1) is 5.69 Å². The molecule has 0 bridgehead atoms. The molecular weight excluding hydrogens is 198 g/mol. The molecule has 2 atom stereocenters. The maximum absolute atomic E-state index is 5.85. The van der Waals surface area contributed by atoms with Gasteiger partial charge in [0, 0.05) is 12.2 Å². The molecule has 0 radical (unpaired) electrons. The van der Waals surface area contributed by atoms with Crippen LogP contribution < -0.4 is 5.73 Å². The topological polar surface area (TPSA) is 43.8 Å². The average molecular weight is 221 g/mol. The zero-order valence-corrected chi connectivity index (χ0v) is 11.0. The first-order valence-corrected chi connectivity index (χ1v) is 6.19. The van der Waals surface area contributed by atoms with Crippen molar-refractivity contribution >= 4 is 0 Å². The molecule has 3 heteroatoms. The van der Waals surface area contributed by atoms with E-state index in [1.165, 1.54) is 17.0 Å². The Bertz CT molecular complexity index is 404. The van der Waals surface area contributed by atoms with E-state index < -0.39 is 0 Å². The van der Waals surface area contributed by atoms with E-state index in [0.29, 0.717) is 17.3 Å². The molecule has 0 aliphatic heterocycles. The molecule has 2 rings (SSSR count). The van der Waals surface area contributed by atoms with Crippen molar-refractivity contribution in [3.63, 3.8) is 0 Å². The predicted molar refractivity (Wildman–Crippen MR) is 66.4 cm³/mol. The minimum absolute atomic E-state index is 0.353. The normalized spacial score (nSPS) is 27.1. The maximum Gasteiger partial charge on any atom is 0.0631 e. The molecule has 3 nitrogen and oxygen atoms in total. The minimum Gasteiger partial charge on any atom is -0.330 e. The Kier molecular flexibility index (Phi) is 2.61. The fourth-order valence-electron chi connectivity index (χ4n) is 3.23. The van der Waals surface area contributed by atoms with Gasteiger partial charge >= 0.3 is 0 Å². The Labute approximate surface area is 98.0 Å². The molecule has 0 unspecified atom stereocenters. The van der Waals surface area contributed by atoms with Crippen LogP contribution in [0.3, 0.4) is 0 Å². The van der Waals surface area contributed by atoms with Gasteiger partial charge in [-0.2, -0.15) is 5.10 Å². The van der Waals surface area contributed by atoms with Crippen LogP contribution in [-0.2, 0) is 6.54 Å². The molecule has 0 spiro atoms. The van der Waals surface area contributed by atoms with Crippen molar-refractivity contribution < 1.29 is 0 Å². The quantitative estimate of drug-likeness (QED) is 0.850. The van der Waals surface area contributed by atoms with Gasteiger partial charge in [0.1, 0.15) is 0 Å². The van der Waals surface area contributed by atoms with Crippen LogP contribution in [0.4, 0.5) is 0 Å². The summed E-state index contributed by atoms with van der Waals surface area (Å²) in [6, 6.07) is 0. The predicted octanol–water partition coefficient (Wildman–Crippen LogP) is 2.22. The molecule has 1 fully saturated rings. The second-order valence-corrected chi connectivity index (χ2v) is 5.54. The van der Waals surface area contributed by atoms with Crippen molar-refractivity contribution in [2.45, 2.75) is 47.1 Å². The van der Waals surface area contributed by atoms with E-state index in [-0.39, 0.29) is 0 Å². The summed E-state index contributed by atoms with van der Waals surface area (Å²) in [5, 5.41) is 4.60. The first-order valence-electron chi connectivity index (χ1n) is 6.19. The lowest BCUT2D eigenvalue weighted by atomic mass is 10.0. The SMILES string of the molecule is CCn1nc(C)c([C@@H]2[C@@H](CN)C2(C)C)c1C. The molecular formula is C13H23N3. The Morgan fingerprint density at radius 2 is 2.00 bits per heavy atom. The third-order valence-corrected chi connectivity index (χ3v) is 4.35. The lowest BCUT2D eigenvalue weighted by Crippen LogP contribution is -2.05. The summed E-state index contributed by atoms with van der Waals surface area (Å²) in [6.07, 6.45) is 0. The maximum atomic E-state index is 5.85. The van der Waals surface area contributed by atoms with Crippen LogP contribution in [0.15, 0.2) is 0 Å². The number of nitrogens with two attached hydrogens (primary N) is 1. The van der Waals surface area contributed by atoms with Gasteiger partial charge in [-0.3, -0.25) is 4.68 Å². The number of nitrogens with zero attached hydrogens (tertiary/aromatic N) is 2. The van der Waals surface area contributed by atoms with Crippen LogP contribution in [0.2, 0.25) is 0 Å². The summed E-state index contributed by atoms with van der Waals surface area (Å²) >= 11 is 0. The first kappa shape index (κ1) is 11.6. The fourth-order valence-corrected chi connectivity index (χ4v) is 3.23. The summed E-state index contributed by atoms with van der Waals surface area (Å²) in [6.45, 7) is 12.8. The summed E-state index contributed by atoms with van der Waals surface area (Å²) < 4.78 is 2.10. The molecule has 1 aliphatic rings. The van der Waals surface area contributed by atoms with Crippen molar-refractivity contribution in [3.05, 3.63) is 17.0 Å². The van der Waals surface area contributed by atoms with E-state index in [9.17, 15) is 0 Å². The lowest BCUT2D eigenvalue weighted by Gasteiger charge is -2.04. The van der Waals surface area contributed by atoms with Gasteiger partial charge in [-0.15, -0.1) is 0 Å². The molecule has 1 aromatic rings. The molecule has 0 amide bonds. The van der Waals surface area contributed by atoms with Crippen LogP contribution in [0.1, 0.15) is 43.6 Å². The third-order valence-electron chi connectivity index (χ3n) is 4.35. The largest absolute Gasteiger partial charge is 0.330 e. The van der Waals surface area contributed by atoms with E-state index in [0.717, 1.165) is 13.1 Å². The van der Waals surface area contributed by atoms with E-state index >= 15 is 0 Å². The number of hydrogen-bond donors (Lipinski definition) is 1. The summed E-state index contributed by atoms with van der Waals surface area (Å²) in [7, 11) is 0. The van der Waals surface area contributed by atoms with Crippen molar-refractivity contribution in [3.8, 4) is 0 Å². The second kappa shape index (κ2) is 3.59. The summed E-state index contributed by atoms with van der Waals surface area (Å²) in [4.78, 5) is 0. The highest BCUT2D eigenvalue weighted by Crippen LogP contribution is 2.64. The molecule has 2 N–H and O–H groups in total. The monoisotopic (exact) mass is 221 g/mol. The number of rotatable bonds is 3. The molecule has 1 saturated carbocycles. The van der Waals surface area contributed by atoms with Crippen molar-refractivity contribution in [2.75, 3.05) is 6.54 Å². The smallest absolute Gasteiger partial charge is 0.0631 e. The molecule has 16 heavy (non-hydrogen) atoms. The average Bonchev–Trinajstić information content (AvgIpc) is 2.63. The van der Waals surface area contributed by atoms with Gasteiger partial charge in [-0.25, -0.2) is 0 Å². The van der Waals surface area contributed by atoms with Crippen LogP contribution in [0.25, 0.3) is 0 Å². The van der Waals surface area contributed by atoms with Gasteiger partial charge < -0.3 is 5.73 Å². The summed E-state index contributed by atoms with van der Waals surface area (Å²) in [5.74, 6) is 1.23. The highest BCUT2D eigenvalue weighted by Gasteiger charge is 2.58. The highest BCUT2D eigenvalue weighted by atomic mass is 15.3. The van der Waals surface area contributed by atoms with Gasteiger partial charge in [-0.1, -0.05) is 13.8 Å². The standard InChI is InChI=1S/C13H23N3/c1-6-16-9(3)11(8(2)15-16)12-10(7-14)13(12,4)5/h10,12H,6-7,14H2,1-5H3/t10-,12+/m1/s1. The number of hydrogen-bond acceptors (Lipinski definition) is 2. The lowest BCUT2D eigenvalue weighted by molar-refractivity contribution is 0.558. The Morgan fingerprint density at radius 1 is 1.38 bits per heavy atom. The van der Waals surface area contributed by atoms with Crippen molar-refractivity contribution in [1.29, 1.82) is 0 Å². The van der Waals surface area contributed by atoms with Gasteiger partial charge in [0.25, 0.3) is 0 Å². The Hall–Kier alpha value is -0.830. The van der Waals surface area contributed by atoms with Crippen LogP contribution in [0.5, 0.6) is 0 Å². The number of aromatic nitrogens is 2. The van der Waals surface area contributed by atoms with Gasteiger partial charge in [-0.05, 0) is 50.1 Å². The molecule has 90 valence electrons. The van der Waals surface area contributed by atoms with E-state index in [2.05, 4.69) is 44.4 Å². The molecule has 0 saturated heterocycles. The second-order valence-electron chi connectivity index (χ2n) is 5.54. The zero-order chi connectivity index (χ0) is 12.1. The van der Waals surface area contributed by atoms with Crippen LogP contribution in [-0.4, -0.2) is 16.3 Å². The Balaban J connectivity index is 2.39. The third kappa shape index (κ3) is 1.41. The molecule has 1 aromatic heterocycles. The van der Waals surface area contributed by atoms with Crippen LogP contribution in [0, 0.1) is 25.2 Å². The minimum atomic E-state index is 0.353. The highest BCUT2D eigenvalue weighted by molar-refractivity contribution is 5.38. The number of aryl methyl sites for hydroxylation is 2. The molecule has 0 aromatic carbocycles. The van der Waals surface area contributed by atoms with E-state index in [4.69, 9.17) is 5.73 Å². The first-order chi connectivity index (χ1) is 7.45. The van der Waals surface area contributed by atoms with E-state index in [1.807, 2.05) is 0 Å². The van der Waals surface area contributed by atoms with E-state index in [1.54, 1.807) is 0 Å². The zero-order valence-electron chi connectivity index (χ0n) is 11.0. The molecule has 1 aliphatic carbocycles. The van der Waals surface area contributed by atoms with Crippen LogP contribution >= 0.6 is 0 Å².